The maximum atomic E-state index is 13.4. The minimum Gasteiger partial charge on any atom is -0.491 e. The summed E-state index contributed by atoms with van der Waals surface area (Å²) in [7, 11) is 0. The van der Waals surface area contributed by atoms with Gasteiger partial charge in [-0.3, -0.25) is 0 Å². The molecule has 0 heterocycles. The molecular weight excluding hydrogens is 273 g/mol. The average molecular weight is 289 g/mol. The third-order valence-corrected chi connectivity index (χ3v) is 2.66. The smallest absolute Gasteiger partial charge is 0.335 e. The summed E-state index contributed by atoms with van der Waals surface area (Å²) in [4.78, 5) is 10.9. The Balaban J connectivity index is 2.16. The second-order valence-electron chi connectivity index (χ2n) is 4.85. The molecule has 0 bridgehead atoms. The molecule has 4 nitrogen and oxygen atoms in total. The minimum absolute atomic E-state index is 0.0881. The second-order valence-corrected chi connectivity index (χ2v) is 4.85. The summed E-state index contributed by atoms with van der Waals surface area (Å²) in [5, 5.41) is 11.9. The van der Waals surface area contributed by atoms with Crippen molar-refractivity contribution in [2.45, 2.75) is 20.0 Å². The van der Waals surface area contributed by atoms with Gasteiger partial charge in [0.2, 0.25) is 0 Å². The van der Waals surface area contributed by atoms with E-state index in [4.69, 9.17) is 9.84 Å². The maximum Gasteiger partial charge on any atom is 0.335 e. The van der Waals surface area contributed by atoms with Crippen LogP contribution in [0.2, 0.25) is 0 Å². The SMILES string of the molecule is CC(C)Oc1ccc(Nc2cc(F)cc(C(=O)O)c2)cc1. The number of carbonyl (C=O) groups is 1. The van der Waals surface area contributed by atoms with Gasteiger partial charge in [0, 0.05) is 11.4 Å². The summed E-state index contributed by atoms with van der Waals surface area (Å²) in [6.07, 6.45) is 0.0881. The van der Waals surface area contributed by atoms with Gasteiger partial charge >= 0.3 is 5.97 Å². The van der Waals surface area contributed by atoms with Crippen molar-refractivity contribution < 1.29 is 19.0 Å². The Bertz CT molecular complexity index is 638. The van der Waals surface area contributed by atoms with Crippen molar-refractivity contribution in [3.63, 3.8) is 0 Å². The van der Waals surface area contributed by atoms with E-state index in [1.165, 1.54) is 12.1 Å². The first kappa shape index (κ1) is 14.8. The molecule has 0 radical (unpaired) electrons. The van der Waals surface area contributed by atoms with Gasteiger partial charge in [0.25, 0.3) is 0 Å². The predicted octanol–water partition coefficient (Wildman–Crippen LogP) is 4.05. The Morgan fingerprint density at radius 3 is 2.38 bits per heavy atom. The summed E-state index contributed by atoms with van der Waals surface area (Å²) in [6.45, 7) is 3.87. The van der Waals surface area contributed by atoms with Crippen molar-refractivity contribution in [3.05, 3.63) is 53.8 Å². The van der Waals surface area contributed by atoms with Gasteiger partial charge in [-0.15, -0.1) is 0 Å². The van der Waals surface area contributed by atoms with E-state index in [1.54, 1.807) is 24.3 Å². The lowest BCUT2D eigenvalue weighted by Crippen LogP contribution is -2.05. The lowest BCUT2D eigenvalue weighted by molar-refractivity contribution is 0.0696. The molecule has 2 aromatic rings. The molecule has 2 rings (SSSR count). The maximum absolute atomic E-state index is 13.4. The van der Waals surface area contributed by atoms with Crippen molar-refractivity contribution >= 4 is 17.3 Å². The van der Waals surface area contributed by atoms with Crippen LogP contribution < -0.4 is 10.1 Å². The molecule has 5 heteroatoms. The second kappa shape index (κ2) is 6.26. The molecule has 0 spiro atoms. The van der Waals surface area contributed by atoms with Crippen LogP contribution >= 0.6 is 0 Å². The molecular formula is C16H16FNO3. The highest BCUT2D eigenvalue weighted by molar-refractivity contribution is 5.89. The zero-order valence-corrected chi connectivity index (χ0v) is 11.8. The summed E-state index contributed by atoms with van der Waals surface area (Å²) in [6, 6.07) is 10.7. The van der Waals surface area contributed by atoms with Crippen LogP contribution in [-0.4, -0.2) is 17.2 Å². The predicted molar refractivity (Wildman–Crippen MR) is 78.8 cm³/mol. The van der Waals surface area contributed by atoms with Crippen molar-refractivity contribution in [2.75, 3.05) is 5.32 Å². The third-order valence-electron chi connectivity index (χ3n) is 2.66. The first-order valence-corrected chi connectivity index (χ1v) is 6.51. The van der Waals surface area contributed by atoms with Gasteiger partial charge in [-0.1, -0.05) is 0 Å². The van der Waals surface area contributed by atoms with Crippen LogP contribution in [0, 0.1) is 5.82 Å². The standard InChI is InChI=1S/C16H16FNO3/c1-10(2)21-15-5-3-13(4-6-15)18-14-8-11(16(19)20)7-12(17)9-14/h3-10,18H,1-2H3,(H,19,20). The number of rotatable bonds is 5. The minimum atomic E-state index is -1.17. The molecule has 0 unspecified atom stereocenters. The lowest BCUT2D eigenvalue weighted by atomic mass is 10.2. The Hall–Kier alpha value is -2.56. The van der Waals surface area contributed by atoms with Crippen LogP contribution in [0.1, 0.15) is 24.2 Å². The number of hydrogen-bond acceptors (Lipinski definition) is 3. The fourth-order valence-electron chi connectivity index (χ4n) is 1.84. The highest BCUT2D eigenvalue weighted by Gasteiger charge is 2.07. The van der Waals surface area contributed by atoms with E-state index in [0.29, 0.717) is 11.4 Å². The number of nitrogens with one attached hydrogen (secondary N) is 1. The van der Waals surface area contributed by atoms with Gasteiger partial charge in [-0.05, 0) is 56.3 Å². The number of hydrogen-bond donors (Lipinski definition) is 2. The highest BCUT2D eigenvalue weighted by Crippen LogP contribution is 2.22. The number of aromatic carboxylic acids is 1. The van der Waals surface area contributed by atoms with E-state index in [1.807, 2.05) is 13.8 Å². The van der Waals surface area contributed by atoms with Crippen LogP contribution in [0.3, 0.4) is 0 Å². The van der Waals surface area contributed by atoms with Gasteiger partial charge in [0.05, 0.1) is 11.7 Å². The Morgan fingerprint density at radius 1 is 1.14 bits per heavy atom. The number of ether oxygens (including phenoxy) is 1. The number of carboxylic acids is 1. The quantitative estimate of drug-likeness (QED) is 0.871. The van der Waals surface area contributed by atoms with Crippen LogP contribution in [0.5, 0.6) is 5.75 Å². The van der Waals surface area contributed by atoms with Gasteiger partial charge in [0.15, 0.2) is 0 Å². The van der Waals surface area contributed by atoms with Gasteiger partial charge < -0.3 is 15.2 Å². The van der Waals surface area contributed by atoms with Crippen molar-refractivity contribution in [3.8, 4) is 5.75 Å². The zero-order valence-electron chi connectivity index (χ0n) is 11.8. The first-order chi connectivity index (χ1) is 9.94. The van der Waals surface area contributed by atoms with E-state index in [2.05, 4.69) is 5.32 Å². The Morgan fingerprint density at radius 2 is 1.81 bits per heavy atom. The topological polar surface area (TPSA) is 58.6 Å². The molecule has 21 heavy (non-hydrogen) atoms. The van der Waals surface area contributed by atoms with Crippen molar-refractivity contribution in [1.29, 1.82) is 0 Å². The first-order valence-electron chi connectivity index (χ1n) is 6.51. The van der Waals surface area contributed by atoms with Crippen molar-refractivity contribution in [1.82, 2.24) is 0 Å². The fourth-order valence-corrected chi connectivity index (χ4v) is 1.84. The molecule has 0 saturated heterocycles. The number of anilines is 2. The molecule has 0 fully saturated rings. The average Bonchev–Trinajstić information content (AvgIpc) is 2.39. The molecule has 0 aliphatic rings. The summed E-state index contributed by atoms with van der Waals surface area (Å²) < 4.78 is 18.9. The van der Waals surface area contributed by atoms with Crippen LogP contribution in [0.4, 0.5) is 15.8 Å². The normalized spacial score (nSPS) is 10.5. The molecule has 0 aromatic heterocycles. The number of carboxylic acid groups (broad SMARTS) is 1. The molecule has 0 saturated carbocycles. The molecule has 0 aliphatic carbocycles. The fraction of sp³-hybridized carbons (Fsp3) is 0.188. The molecule has 2 N–H and O–H groups in total. The van der Waals surface area contributed by atoms with Crippen LogP contribution in [0.15, 0.2) is 42.5 Å². The van der Waals surface area contributed by atoms with E-state index >= 15 is 0 Å². The van der Waals surface area contributed by atoms with Gasteiger partial charge in [-0.2, -0.15) is 0 Å². The summed E-state index contributed by atoms with van der Waals surface area (Å²) in [5.74, 6) is -1.03. The van der Waals surface area contributed by atoms with E-state index in [0.717, 1.165) is 11.8 Å². The van der Waals surface area contributed by atoms with Crippen LogP contribution in [-0.2, 0) is 0 Å². The van der Waals surface area contributed by atoms with Crippen molar-refractivity contribution in [2.24, 2.45) is 0 Å². The molecule has 0 amide bonds. The van der Waals surface area contributed by atoms with E-state index < -0.39 is 11.8 Å². The molecule has 0 atom stereocenters. The highest BCUT2D eigenvalue weighted by atomic mass is 19.1. The Kier molecular flexibility index (Phi) is 4.42. The number of benzene rings is 2. The number of halogens is 1. The van der Waals surface area contributed by atoms with E-state index in [9.17, 15) is 9.18 Å². The largest absolute Gasteiger partial charge is 0.491 e. The lowest BCUT2D eigenvalue weighted by Gasteiger charge is -2.11. The van der Waals surface area contributed by atoms with Crippen LogP contribution in [0.25, 0.3) is 0 Å². The zero-order chi connectivity index (χ0) is 15.4. The van der Waals surface area contributed by atoms with E-state index in [-0.39, 0.29) is 11.7 Å². The summed E-state index contributed by atoms with van der Waals surface area (Å²) >= 11 is 0. The molecule has 0 aliphatic heterocycles. The molecule has 110 valence electrons. The molecule has 2 aromatic carbocycles. The van der Waals surface area contributed by atoms with Gasteiger partial charge in [0.1, 0.15) is 11.6 Å². The third kappa shape index (κ3) is 4.21. The monoisotopic (exact) mass is 289 g/mol. The van der Waals surface area contributed by atoms with Gasteiger partial charge in [-0.25, -0.2) is 9.18 Å². The summed E-state index contributed by atoms with van der Waals surface area (Å²) in [5.41, 5.74) is 0.996. The Labute approximate surface area is 122 Å².